The van der Waals surface area contributed by atoms with Crippen LogP contribution in [0.1, 0.15) is 20.3 Å². The molecule has 0 aromatic heterocycles. The Morgan fingerprint density at radius 1 is 1.00 bits per heavy atom. The first-order valence-electron chi connectivity index (χ1n) is 8.01. The molecule has 0 bridgehead atoms. The number of hydrogen-bond acceptors (Lipinski definition) is 6. The Bertz CT molecular complexity index is 803. The lowest BCUT2D eigenvalue weighted by Gasteiger charge is -2.17. The molecule has 0 saturated heterocycles. The fourth-order valence-electron chi connectivity index (χ4n) is 1.82. The monoisotopic (exact) mass is 432 g/mol. The predicted molar refractivity (Wildman–Crippen MR) is 110 cm³/mol. The largest absolute Gasteiger partial charge is 0.440 e. The van der Waals surface area contributed by atoms with E-state index in [2.05, 4.69) is 10.2 Å². The van der Waals surface area contributed by atoms with Gasteiger partial charge in [0.1, 0.15) is 5.75 Å². The van der Waals surface area contributed by atoms with Gasteiger partial charge in [-0.2, -0.15) is 10.2 Å². The maximum absolute atomic E-state index is 12.6. The average molecular weight is 433 g/mol. The zero-order valence-electron chi connectivity index (χ0n) is 14.4. The Hall–Kier alpha value is -1.04. The van der Waals surface area contributed by atoms with Crippen molar-refractivity contribution in [2.45, 2.75) is 20.3 Å². The molecule has 0 aliphatic rings. The van der Waals surface area contributed by atoms with Crippen LogP contribution in [0.2, 0.25) is 10.0 Å². The molecule has 9 heteroatoms. The van der Waals surface area contributed by atoms with Crippen LogP contribution in [0, 0.1) is 0 Å². The van der Waals surface area contributed by atoms with Gasteiger partial charge in [0.2, 0.25) is 0 Å². The van der Waals surface area contributed by atoms with Crippen molar-refractivity contribution in [1.82, 2.24) is 0 Å². The fraction of sp³-hybridized carbons (Fsp3) is 0.294. The van der Waals surface area contributed by atoms with Crippen LogP contribution < -0.4 is 4.52 Å². The summed E-state index contributed by atoms with van der Waals surface area (Å²) in [5.41, 5.74) is 1.22. The van der Waals surface area contributed by atoms with Crippen molar-refractivity contribution in [2.75, 3.05) is 12.4 Å². The Morgan fingerprint density at radius 2 is 1.65 bits per heavy atom. The Balaban J connectivity index is 2.05. The molecule has 0 amide bonds. The molecular formula is C17H19Cl2N2O3PS. The minimum atomic E-state index is -3.21. The minimum absolute atomic E-state index is 0.323. The quantitative estimate of drug-likeness (QED) is 0.296. The molecule has 0 spiro atoms. The standard InChI is InChI=1S/C17H19Cl2N2O3PS/c1-3-11-26-25(22,23-4-2)24-15-8-5-13(6-9-15)20-21-14-7-10-16(18)17(19)12-14/h5-10,12H,3-4,11H2,1-2H3. The third-order valence-electron chi connectivity index (χ3n) is 2.98. The van der Waals surface area contributed by atoms with Crippen molar-refractivity contribution in [2.24, 2.45) is 10.2 Å². The van der Waals surface area contributed by atoms with Crippen LogP contribution in [-0.4, -0.2) is 12.4 Å². The molecule has 0 saturated carbocycles. The normalized spacial score (nSPS) is 13.7. The lowest BCUT2D eigenvalue weighted by atomic mass is 10.3. The zero-order valence-corrected chi connectivity index (χ0v) is 17.6. The van der Waals surface area contributed by atoms with E-state index in [1.165, 1.54) is 11.4 Å². The van der Waals surface area contributed by atoms with Gasteiger partial charge in [0.15, 0.2) is 0 Å². The van der Waals surface area contributed by atoms with Crippen LogP contribution >= 0.6 is 41.4 Å². The van der Waals surface area contributed by atoms with Crippen LogP contribution in [0.3, 0.4) is 0 Å². The van der Waals surface area contributed by atoms with Crippen molar-refractivity contribution >= 4 is 52.8 Å². The molecular weight excluding hydrogens is 414 g/mol. The van der Waals surface area contributed by atoms with E-state index in [-0.39, 0.29) is 0 Å². The predicted octanol–water partition coefficient (Wildman–Crippen LogP) is 8.08. The number of hydrogen-bond donors (Lipinski definition) is 0. The van der Waals surface area contributed by atoms with Gasteiger partial charge < -0.3 is 4.52 Å². The van der Waals surface area contributed by atoms with Gasteiger partial charge in [-0.15, -0.1) is 0 Å². The molecule has 0 aliphatic heterocycles. The molecule has 0 N–H and O–H groups in total. The lowest BCUT2D eigenvalue weighted by Crippen LogP contribution is -1.95. The Labute approximate surface area is 167 Å². The summed E-state index contributed by atoms with van der Waals surface area (Å²) in [5, 5.41) is 9.13. The highest BCUT2D eigenvalue weighted by Gasteiger charge is 2.26. The maximum atomic E-state index is 12.6. The molecule has 5 nitrogen and oxygen atoms in total. The SMILES string of the molecule is CCCSP(=O)(OCC)Oc1ccc(N=Nc2ccc(Cl)c(Cl)c2)cc1. The number of rotatable bonds is 9. The van der Waals surface area contributed by atoms with Crippen LogP contribution in [0.5, 0.6) is 5.75 Å². The van der Waals surface area contributed by atoms with Gasteiger partial charge in [0.25, 0.3) is 0 Å². The summed E-state index contributed by atoms with van der Waals surface area (Å²) in [7, 11) is 0. The van der Waals surface area contributed by atoms with E-state index < -0.39 is 6.80 Å². The summed E-state index contributed by atoms with van der Waals surface area (Å²) in [6, 6.07) is 11.8. The van der Waals surface area contributed by atoms with E-state index in [9.17, 15) is 4.57 Å². The van der Waals surface area contributed by atoms with E-state index in [1.54, 1.807) is 49.4 Å². The lowest BCUT2D eigenvalue weighted by molar-refractivity contribution is 0.296. The highest BCUT2D eigenvalue weighted by molar-refractivity contribution is 8.55. The molecule has 0 radical (unpaired) electrons. The van der Waals surface area contributed by atoms with Crippen molar-refractivity contribution < 1.29 is 13.6 Å². The first kappa shape index (κ1) is 21.3. The summed E-state index contributed by atoms with van der Waals surface area (Å²) >= 11 is 13.0. The molecule has 1 unspecified atom stereocenters. The molecule has 0 fully saturated rings. The van der Waals surface area contributed by atoms with E-state index in [4.69, 9.17) is 32.2 Å². The third-order valence-corrected chi connectivity index (χ3v) is 7.67. The number of benzene rings is 2. The second kappa shape index (κ2) is 10.3. The molecule has 2 rings (SSSR count). The summed E-state index contributed by atoms with van der Waals surface area (Å²) in [6.07, 6.45) is 0.888. The summed E-state index contributed by atoms with van der Waals surface area (Å²) in [5.74, 6) is 1.16. The van der Waals surface area contributed by atoms with E-state index in [0.717, 1.165) is 6.42 Å². The second-order valence-corrected chi connectivity index (χ2v) is 10.0. The smallest absolute Gasteiger partial charge is 0.417 e. The van der Waals surface area contributed by atoms with E-state index >= 15 is 0 Å². The molecule has 2 aromatic carbocycles. The van der Waals surface area contributed by atoms with Gasteiger partial charge in [0, 0.05) is 5.75 Å². The zero-order chi connectivity index (χ0) is 19.0. The van der Waals surface area contributed by atoms with Gasteiger partial charge in [0.05, 0.1) is 28.0 Å². The van der Waals surface area contributed by atoms with Crippen molar-refractivity contribution in [1.29, 1.82) is 0 Å². The van der Waals surface area contributed by atoms with Crippen molar-refractivity contribution in [3.05, 3.63) is 52.5 Å². The average Bonchev–Trinajstić information content (AvgIpc) is 2.62. The summed E-state index contributed by atoms with van der Waals surface area (Å²) in [6.45, 7) is 0.910. The van der Waals surface area contributed by atoms with Crippen LogP contribution in [0.4, 0.5) is 11.4 Å². The molecule has 26 heavy (non-hydrogen) atoms. The van der Waals surface area contributed by atoms with Crippen LogP contribution in [0.25, 0.3) is 0 Å². The molecule has 140 valence electrons. The Morgan fingerprint density at radius 3 is 2.27 bits per heavy atom. The second-order valence-electron chi connectivity index (χ2n) is 5.08. The summed E-state index contributed by atoms with van der Waals surface area (Å²) in [4.78, 5) is 0. The van der Waals surface area contributed by atoms with Crippen LogP contribution in [0.15, 0.2) is 52.7 Å². The van der Waals surface area contributed by atoms with Gasteiger partial charge in [-0.3, -0.25) is 4.52 Å². The molecule has 2 aromatic rings. The van der Waals surface area contributed by atoms with Crippen molar-refractivity contribution in [3.63, 3.8) is 0 Å². The first-order valence-corrected chi connectivity index (χ1v) is 11.9. The van der Waals surface area contributed by atoms with Crippen LogP contribution in [-0.2, 0) is 9.09 Å². The van der Waals surface area contributed by atoms with Gasteiger partial charge in [-0.05, 0) is 67.2 Å². The maximum Gasteiger partial charge on any atom is 0.440 e. The topological polar surface area (TPSA) is 60.2 Å². The highest BCUT2D eigenvalue weighted by Crippen LogP contribution is 2.60. The number of azo groups is 1. The van der Waals surface area contributed by atoms with Gasteiger partial charge in [-0.1, -0.05) is 30.1 Å². The molecule has 0 heterocycles. The van der Waals surface area contributed by atoms with Crippen molar-refractivity contribution in [3.8, 4) is 5.75 Å². The minimum Gasteiger partial charge on any atom is -0.417 e. The summed E-state index contributed by atoms with van der Waals surface area (Å²) < 4.78 is 23.6. The van der Waals surface area contributed by atoms with E-state index in [1.807, 2.05) is 6.92 Å². The highest BCUT2D eigenvalue weighted by atomic mass is 35.5. The first-order chi connectivity index (χ1) is 12.5. The molecule has 1 atom stereocenters. The Kier molecular flexibility index (Phi) is 8.45. The number of nitrogens with zero attached hydrogens (tertiary/aromatic N) is 2. The molecule has 0 aliphatic carbocycles. The third kappa shape index (κ3) is 6.60. The fourth-order valence-corrected chi connectivity index (χ4v) is 5.57. The number of halogens is 2. The van der Waals surface area contributed by atoms with Gasteiger partial charge in [-0.25, -0.2) is 4.57 Å². The van der Waals surface area contributed by atoms with E-state index in [0.29, 0.717) is 39.5 Å². The van der Waals surface area contributed by atoms with Gasteiger partial charge >= 0.3 is 6.80 Å².